The van der Waals surface area contributed by atoms with Crippen LogP contribution in [0.3, 0.4) is 0 Å². The molecule has 2 rings (SSSR count). The lowest BCUT2D eigenvalue weighted by atomic mass is 10.0. The fourth-order valence-electron chi connectivity index (χ4n) is 3.09. The fourth-order valence-corrected chi connectivity index (χ4v) is 3.09. The lowest BCUT2D eigenvalue weighted by molar-refractivity contribution is -0.137. The van der Waals surface area contributed by atoms with Crippen LogP contribution in [-0.2, 0) is 4.79 Å². The predicted molar refractivity (Wildman–Crippen MR) is 105 cm³/mol. The lowest BCUT2D eigenvalue weighted by Gasteiger charge is -2.19. The number of ether oxygens (including phenoxy) is 1. The third kappa shape index (κ3) is 9.27. The van der Waals surface area contributed by atoms with Gasteiger partial charge >= 0.3 is 5.97 Å². The van der Waals surface area contributed by atoms with Crippen LogP contribution in [-0.4, -0.2) is 17.1 Å². The van der Waals surface area contributed by atoms with Crippen molar-refractivity contribution in [3.63, 3.8) is 0 Å². The number of nitrogens with one attached hydrogen (secondary N) is 1. The first-order chi connectivity index (χ1) is 13.1. The van der Waals surface area contributed by atoms with E-state index in [0.29, 0.717) is 18.2 Å². The number of carbonyl (C=O) groups is 1. The molecule has 27 heavy (non-hydrogen) atoms. The van der Waals surface area contributed by atoms with Gasteiger partial charge in [0.15, 0.2) is 0 Å². The number of benzene rings is 1. The van der Waals surface area contributed by atoms with Gasteiger partial charge in [-0.05, 0) is 43.2 Å². The maximum atomic E-state index is 12.9. The molecule has 1 unspecified atom stereocenters. The summed E-state index contributed by atoms with van der Waals surface area (Å²) in [4.78, 5) is 10.4. The molecule has 0 bridgehead atoms. The van der Waals surface area contributed by atoms with Gasteiger partial charge in [0, 0.05) is 18.7 Å². The van der Waals surface area contributed by atoms with Crippen LogP contribution in [0, 0.1) is 5.82 Å². The number of rotatable bonds is 13. The fraction of sp³-hybridized carbons (Fsp3) is 0.500. The van der Waals surface area contributed by atoms with Crippen molar-refractivity contribution in [3.8, 4) is 5.75 Å². The van der Waals surface area contributed by atoms with Gasteiger partial charge in [0.2, 0.25) is 0 Å². The molecule has 2 N–H and O–H groups in total. The minimum Gasteiger partial charge on any atom is -0.481 e. The minimum atomic E-state index is -0.690. The van der Waals surface area contributed by atoms with E-state index in [-0.39, 0.29) is 5.82 Å². The first kappa shape index (κ1) is 21.0. The maximum Gasteiger partial charge on any atom is 0.303 e. The van der Waals surface area contributed by atoms with Crippen LogP contribution < -0.4 is 10.1 Å². The Morgan fingerprint density at radius 1 is 1.00 bits per heavy atom. The summed E-state index contributed by atoms with van der Waals surface area (Å²) in [6.45, 7) is 0. The zero-order valence-electron chi connectivity index (χ0n) is 15.8. The second kappa shape index (κ2) is 12.2. The predicted octanol–water partition coefficient (Wildman–Crippen LogP) is 5.56. The Morgan fingerprint density at radius 2 is 1.63 bits per heavy atom. The van der Waals surface area contributed by atoms with Crippen molar-refractivity contribution in [1.82, 2.24) is 5.32 Å². The molecule has 5 heteroatoms. The second-order valence-electron chi connectivity index (χ2n) is 7.00. The summed E-state index contributed by atoms with van der Waals surface area (Å²) in [5.74, 6) is 0.382. The summed E-state index contributed by atoms with van der Waals surface area (Å²) >= 11 is 0. The smallest absolute Gasteiger partial charge is 0.303 e. The van der Waals surface area contributed by atoms with E-state index in [1.54, 1.807) is 12.1 Å². The van der Waals surface area contributed by atoms with Crippen LogP contribution in [0.2, 0.25) is 0 Å². The highest BCUT2D eigenvalue weighted by atomic mass is 19.1. The number of carboxylic acid groups (broad SMARTS) is 1. The highest BCUT2D eigenvalue weighted by Gasteiger charge is 2.09. The number of allylic oxidation sites excluding steroid dienone is 1. The standard InChI is InChI=1S/C22H30FNO3/c23-18-11-14-20(15-12-18)27-21-16-13-19(24-17-21)9-7-5-3-1-2-4-6-8-10-22(25)26/h11-17,19,24H,1-10H2,(H,25,26). The average molecular weight is 375 g/mol. The van der Waals surface area contributed by atoms with Gasteiger partial charge < -0.3 is 15.2 Å². The molecule has 1 heterocycles. The normalized spacial score (nSPS) is 15.9. The summed E-state index contributed by atoms with van der Waals surface area (Å²) in [5.41, 5.74) is 0. The van der Waals surface area contributed by atoms with E-state index >= 15 is 0 Å². The van der Waals surface area contributed by atoms with Gasteiger partial charge in [-0.25, -0.2) is 4.39 Å². The molecule has 0 aliphatic carbocycles. The number of halogens is 1. The van der Waals surface area contributed by atoms with Crippen LogP contribution in [0.15, 0.2) is 48.4 Å². The monoisotopic (exact) mass is 375 g/mol. The summed E-state index contributed by atoms with van der Waals surface area (Å²) in [6, 6.07) is 6.33. The van der Waals surface area contributed by atoms with Crippen molar-refractivity contribution in [3.05, 3.63) is 54.2 Å². The Kier molecular flexibility index (Phi) is 9.45. The Balaban J connectivity index is 1.48. The molecule has 1 aromatic rings. The van der Waals surface area contributed by atoms with Gasteiger partial charge in [-0.1, -0.05) is 51.0 Å². The molecule has 1 aliphatic rings. The van der Waals surface area contributed by atoms with Crippen molar-refractivity contribution < 1.29 is 19.0 Å². The zero-order valence-corrected chi connectivity index (χ0v) is 15.8. The van der Waals surface area contributed by atoms with Crippen molar-refractivity contribution in [1.29, 1.82) is 0 Å². The summed E-state index contributed by atoms with van der Waals surface area (Å²) in [7, 11) is 0. The van der Waals surface area contributed by atoms with E-state index in [1.807, 2.05) is 12.3 Å². The van der Waals surface area contributed by atoms with Crippen LogP contribution >= 0.6 is 0 Å². The third-order valence-electron chi connectivity index (χ3n) is 4.64. The first-order valence-electron chi connectivity index (χ1n) is 9.93. The topological polar surface area (TPSA) is 58.6 Å². The van der Waals surface area contributed by atoms with Crippen molar-refractivity contribution in [2.45, 2.75) is 70.3 Å². The van der Waals surface area contributed by atoms with Crippen LogP contribution in [0.4, 0.5) is 4.39 Å². The van der Waals surface area contributed by atoms with Gasteiger partial charge in [-0.3, -0.25) is 4.79 Å². The van der Waals surface area contributed by atoms with Gasteiger partial charge in [0.05, 0.1) is 0 Å². The summed E-state index contributed by atoms with van der Waals surface area (Å²) < 4.78 is 18.6. The van der Waals surface area contributed by atoms with Crippen LogP contribution in [0.5, 0.6) is 5.75 Å². The Labute approximate surface area is 161 Å². The number of carboxylic acids is 1. The number of aliphatic carboxylic acids is 1. The van der Waals surface area contributed by atoms with E-state index < -0.39 is 5.97 Å². The number of hydrogen-bond donors (Lipinski definition) is 2. The molecule has 1 aliphatic heterocycles. The zero-order chi connectivity index (χ0) is 19.3. The van der Waals surface area contributed by atoms with E-state index in [1.165, 1.54) is 44.2 Å². The third-order valence-corrected chi connectivity index (χ3v) is 4.64. The second-order valence-corrected chi connectivity index (χ2v) is 7.00. The van der Waals surface area contributed by atoms with Crippen LogP contribution in [0.25, 0.3) is 0 Å². The highest BCUT2D eigenvalue weighted by Crippen LogP contribution is 2.18. The summed E-state index contributed by atoms with van der Waals surface area (Å²) in [5, 5.41) is 11.9. The SMILES string of the molecule is O=C(O)CCCCCCCCCCC1C=CC(Oc2ccc(F)cc2)=CN1. The van der Waals surface area contributed by atoms with Crippen molar-refractivity contribution >= 4 is 5.97 Å². The maximum absolute atomic E-state index is 12.9. The molecule has 1 aromatic carbocycles. The number of unbranched alkanes of at least 4 members (excludes halogenated alkanes) is 7. The van der Waals surface area contributed by atoms with Crippen molar-refractivity contribution in [2.75, 3.05) is 0 Å². The molecule has 0 radical (unpaired) electrons. The molecular formula is C22H30FNO3. The van der Waals surface area contributed by atoms with E-state index in [4.69, 9.17) is 9.84 Å². The van der Waals surface area contributed by atoms with Crippen LogP contribution in [0.1, 0.15) is 64.2 Å². The first-order valence-corrected chi connectivity index (χ1v) is 9.93. The largest absolute Gasteiger partial charge is 0.481 e. The van der Waals surface area contributed by atoms with Crippen molar-refractivity contribution in [2.24, 2.45) is 0 Å². The molecule has 0 spiro atoms. The Hall–Kier alpha value is -2.30. The molecule has 0 amide bonds. The molecule has 4 nitrogen and oxygen atoms in total. The van der Waals surface area contributed by atoms with Gasteiger partial charge in [-0.15, -0.1) is 0 Å². The highest BCUT2D eigenvalue weighted by molar-refractivity contribution is 5.66. The molecule has 0 saturated carbocycles. The Morgan fingerprint density at radius 3 is 2.22 bits per heavy atom. The number of hydrogen-bond acceptors (Lipinski definition) is 3. The lowest BCUT2D eigenvalue weighted by Crippen LogP contribution is -2.25. The van der Waals surface area contributed by atoms with Gasteiger partial charge in [-0.2, -0.15) is 0 Å². The number of dihydropyridines is 1. The van der Waals surface area contributed by atoms with E-state index in [2.05, 4.69) is 11.4 Å². The average Bonchev–Trinajstić information content (AvgIpc) is 2.66. The summed E-state index contributed by atoms with van der Waals surface area (Å²) in [6.07, 6.45) is 16.4. The Bertz CT molecular complexity index is 625. The van der Waals surface area contributed by atoms with E-state index in [0.717, 1.165) is 31.4 Å². The molecule has 0 fully saturated rings. The minimum absolute atomic E-state index is 0.271. The molecular weight excluding hydrogens is 345 g/mol. The quantitative estimate of drug-likeness (QED) is 0.443. The van der Waals surface area contributed by atoms with Gasteiger partial charge in [0.25, 0.3) is 0 Å². The molecule has 148 valence electrons. The molecule has 1 atom stereocenters. The molecule has 0 saturated heterocycles. The van der Waals surface area contributed by atoms with E-state index in [9.17, 15) is 9.18 Å². The van der Waals surface area contributed by atoms with Gasteiger partial charge in [0.1, 0.15) is 17.3 Å². The molecule has 0 aromatic heterocycles.